The predicted octanol–water partition coefficient (Wildman–Crippen LogP) is 4.71. The lowest BCUT2D eigenvalue weighted by Crippen LogP contribution is -2.47. The summed E-state index contributed by atoms with van der Waals surface area (Å²) < 4.78 is 51.0. The maximum Gasteiger partial charge on any atom is 0.426 e. The average Bonchev–Trinajstić information content (AvgIpc) is 3.11. The number of halogens is 3. The number of ether oxygens (including phenoxy) is 2. The summed E-state index contributed by atoms with van der Waals surface area (Å²) in [6, 6.07) is 13.7. The van der Waals surface area contributed by atoms with Crippen LogP contribution >= 0.6 is 0 Å². The van der Waals surface area contributed by atoms with Gasteiger partial charge in [0, 0.05) is 11.1 Å². The molecule has 5 nitrogen and oxygen atoms in total. The van der Waals surface area contributed by atoms with Gasteiger partial charge in [-0.15, -0.1) is 0 Å². The first-order valence-electron chi connectivity index (χ1n) is 8.98. The summed E-state index contributed by atoms with van der Waals surface area (Å²) in [5, 5.41) is 0. The van der Waals surface area contributed by atoms with Gasteiger partial charge in [0.25, 0.3) is 0 Å². The van der Waals surface area contributed by atoms with Crippen molar-refractivity contribution in [1.82, 2.24) is 0 Å². The summed E-state index contributed by atoms with van der Waals surface area (Å²) in [4.78, 5) is 25.4. The number of nitrogens with zero attached hydrogens (tertiary/aromatic N) is 1. The fourth-order valence-corrected chi connectivity index (χ4v) is 3.22. The highest BCUT2D eigenvalue weighted by Gasteiger charge is 2.52. The zero-order valence-electron chi connectivity index (χ0n) is 15.9. The maximum absolute atomic E-state index is 13.8. The zero-order chi connectivity index (χ0) is 21.2. The van der Waals surface area contributed by atoms with Crippen LogP contribution < -0.4 is 4.90 Å². The van der Waals surface area contributed by atoms with Gasteiger partial charge in [-0.3, -0.25) is 4.90 Å². The lowest BCUT2D eigenvalue weighted by atomic mass is 9.79. The zero-order valence-corrected chi connectivity index (χ0v) is 15.9. The Hall–Kier alpha value is -3.03. The lowest BCUT2D eigenvalue weighted by Gasteiger charge is -2.35. The summed E-state index contributed by atoms with van der Waals surface area (Å²) in [6.45, 7) is 3.39. The molecule has 0 bridgehead atoms. The third-order valence-electron chi connectivity index (χ3n) is 4.87. The molecule has 1 atom stereocenters. The Balaban J connectivity index is 1.81. The van der Waals surface area contributed by atoms with Crippen molar-refractivity contribution in [2.24, 2.45) is 0 Å². The molecule has 1 fully saturated rings. The molecular formula is C21H20F3NO4. The van der Waals surface area contributed by atoms with Crippen LogP contribution in [0.15, 0.2) is 54.6 Å². The summed E-state index contributed by atoms with van der Waals surface area (Å²) in [7, 11) is 0. The largest absolute Gasteiger partial charge is 0.448 e. The number of hydrogen-bond donors (Lipinski definition) is 0. The van der Waals surface area contributed by atoms with E-state index in [-0.39, 0.29) is 12.2 Å². The van der Waals surface area contributed by atoms with E-state index < -0.39 is 29.8 Å². The third kappa shape index (κ3) is 4.36. The van der Waals surface area contributed by atoms with Crippen LogP contribution in [0.4, 0.5) is 23.7 Å². The predicted molar refractivity (Wildman–Crippen MR) is 99.9 cm³/mol. The standard InChI is InChI=1S/C21H20F3NO4/c1-20(2,15-6-4-3-5-7-15)18(21(22,23)24)29-17(26)14-8-10-16(11-9-14)25-12-13-28-19(25)27/h3-11,18H,12-13H2,1-2H3/t18-/m1/s1. The van der Waals surface area contributed by atoms with Gasteiger partial charge in [0.2, 0.25) is 6.10 Å². The first-order chi connectivity index (χ1) is 13.6. The number of anilines is 1. The van der Waals surface area contributed by atoms with Crippen molar-refractivity contribution in [2.75, 3.05) is 18.1 Å². The van der Waals surface area contributed by atoms with E-state index in [0.29, 0.717) is 17.8 Å². The Bertz CT molecular complexity index is 879. The molecular weight excluding hydrogens is 387 g/mol. The highest BCUT2D eigenvalue weighted by molar-refractivity contribution is 5.92. The Morgan fingerprint density at radius 1 is 1.07 bits per heavy atom. The summed E-state index contributed by atoms with van der Waals surface area (Å²) >= 11 is 0. The number of hydrogen-bond acceptors (Lipinski definition) is 4. The van der Waals surface area contributed by atoms with Gasteiger partial charge in [0.05, 0.1) is 12.1 Å². The van der Waals surface area contributed by atoms with Crippen molar-refractivity contribution >= 4 is 17.7 Å². The first-order valence-corrected chi connectivity index (χ1v) is 8.98. The minimum absolute atomic E-state index is 0.0422. The molecule has 1 amide bonds. The van der Waals surface area contributed by atoms with Crippen LogP contribution in [-0.2, 0) is 14.9 Å². The van der Waals surface area contributed by atoms with Crippen molar-refractivity contribution in [2.45, 2.75) is 31.5 Å². The number of esters is 1. The van der Waals surface area contributed by atoms with Crippen LogP contribution in [0.5, 0.6) is 0 Å². The van der Waals surface area contributed by atoms with Gasteiger partial charge in [0.15, 0.2) is 0 Å². The molecule has 0 unspecified atom stereocenters. The molecule has 29 heavy (non-hydrogen) atoms. The van der Waals surface area contributed by atoms with Crippen LogP contribution in [0.2, 0.25) is 0 Å². The Kier molecular flexibility index (Phi) is 5.55. The van der Waals surface area contributed by atoms with Crippen molar-refractivity contribution in [3.05, 3.63) is 65.7 Å². The summed E-state index contributed by atoms with van der Waals surface area (Å²) in [6.07, 6.45) is -7.60. The van der Waals surface area contributed by atoms with E-state index in [1.165, 1.54) is 43.0 Å². The quantitative estimate of drug-likeness (QED) is 0.674. The molecule has 3 rings (SSSR count). The van der Waals surface area contributed by atoms with Crippen LogP contribution in [0.1, 0.15) is 29.8 Å². The molecule has 0 spiro atoms. The first kappa shape index (κ1) is 20.7. The van der Waals surface area contributed by atoms with Crippen molar-refractivity contribution in [3.8, 4) is 0 Å². The highest BCUT2D eigenvalue weighted by Crippen LogP contribution is 2.39. The van der Waals surface area contributed by atoms with E-state index in [2.05, 4.69) is 0 Å². The minimum Gasteiger partial charge on any atom is -0.448 e. The Morgan fingerprint density at radius 3 is 2.21 bits per heavy atom. The molecule has 2 aromatic carbocycles. The smallest absolute Gasteiger partial charge is 0.426 e. The van der Waals surface area contributed by atoms with Gasteiger partial charge in [-0.1, -0.05) is 44.2 Å². The second kappa shape index (κ2) is 7.77. The molecule has 154 valence electrons. The number of alkyl halides is 3. The minimum atomic E-state index is -4.76. The molecule has 0 radical (unpaired) electrons. The average molecular weight is 407 g/mol. The summed E-state index contributed by atoms with van der Waals surface area (Å²) in [5.41, 5.74) is -0.646. The van der Waals surface area contributed by atoms with Gasteiger partial charge in [-0.2, -0.15) is 13.2 Å². The third-order valence-corrected chi connectivity index (χ3v) is 4.87. The number of cyclic esters (lactones) is 1. The molecule has 1 heterocycles. The van der Waals surface area contributed by atoms with Crippen molar-refractivity contribution in [1.29, 1.82) is 0 Å². The second-order valence-corrected chi connectivity index (χ2v) is 7.23. The molecule has 1 aliphatic heterocycles. The summed E-state index contributed by atoms with van der Waals surface area (Å²) in [5.74, 6) is -1.09. The molecule has 1 saturated heterocycles. The van der Waals surface area contributed by atoms with Gasteiger partial charge >= 0.3 is 18.2 Å². The molecule has 1 aliphatic rings. The maximum atomic E-state index is 13.8. The molecule has 0 saturated carbocycles. The van der Waals surface area contributed by atoms with Crippen LogP contribution in [0.25, 0.3) is 0 Å². The number of rotatable bonds is 5. The fourth-order valence-electron chi connectivity index (χ4n) is 3.22. The van der Waals surface area contributed by atoms with E-state index in [4.69, 9.17) is 9.47 Å². The van der Waals surface area contributed by atoms with Gasteiger partial charge < -0.3 is 9.47 Å². The Morgan fingerprint density at radius 2 is 1.69 bits per heavy atom. The normalized spacial score (nSPS) is 15.8. The monoisotopic (exact) mass is 407 g/mol. The van der Waals surface area contributed by atoms with E-state index in [1.807, 2.05) is 0 Å². The van der Waals surface area contributed by atoms with Crippen molar-refractivity contribution in [3.63, 3.8) is 0 Å². The van der Waals surface area contributed by atoms with E-state index in [9.17, 15) is 22.8 Å². The molecule has 8 heteroatoms. The van der Waals surface area contributed by atoms with Gasteiger partial charge in [-0.25, -0.2) is 9.59 Å². The Labute approximate surface area is 166 Å². The van der Waals surface area contributed by atoms with E-state index in [1.54, 1.807) is 30.3 Å². The number of carbonyl (C=O) groups excluding carboxylic acids is 2. The van der Waals surface area contributed by atoms with Gasteiger partial charge in [-0.05, 0) is 29.8 Å². The second-order valence-electron chi connectivity index (χ2n) is 7.23. The topological polar surface area (TPSA) is 55.8 Å². The van der Waals surface area contributed by atoms with Crippen LogP contribution in [0.3, 0.4) is 0 Å². The van der Waals surface area contributed by atoms with E-state index in [0.717, 1.165) is 0 Å². The number of benzene rings is 2. The fraction of sp³-hybridized carbons (Fsp3) is 0.333. The molecule has 0 N–H and O–H groups in total. The number of carbonyl (C=O) groups is 2. The SMILES string of the molecule is CC(C)(c1ccccc1)[C@@H](OC(=O)c1ccc(N2CCOC2=O)cc1)C(F)(F)F. The lowest BCUT2D eigenvalue weighted by molar-refractivity contribution is -0.221. The number of amides is 1. The molecule has 0 aromatic heterocycles. The van der Waals surface area contributed by atoms with Crippen molar-refractivity contribution < 1.29 is 32.2 Å². The molecule has 2 aromatic rings. The van der Waals surface area contributed by atoms with Crippen LogP contribution in [0, 0.1) is 0 Å². The van der Waals surface area contributed by atoms with Gasteiger partial charge in [0.1, 0.15) is 6.61 Å². The molecule has 0 aliphatic carbocycles. The van der Waals surface area contributed by atoms with Crippen LogP contribution in [-0.4, -0.2) is 37.5 Å². The highest BCUT2D eigenvalue weighted by atomic mass is 19.4. The van der Waals surface area contributed by atoms with E-state index >= 15 is 0 Å².